The van der Waals surface area contributed by atoms with E-state index in [4.69, 9.17) is 10.6 Å². The number of hydrazine groups is 1. The molecule has 1 aromatic carbocycles. The smallest absolute Gasteiger partial charge is 0.206 e. The Kier molecular flexibility index (Phi) is 8.25. The molecule has 0 fully saturated rings. The lowest BCUT2D eigenvalue weighted by molar-refractivity contribution is 0.146. The molecule has 0 saturated carbocycles. The second-order valence-corrected chi connectivity index (χ2v) is 5.26. The highest BCUT2D eigenvalue weighted by Gasteiger charge is 2.07. The van der Waals surface area contributed by atoms with Crippen LogP contribution in [0, 0.1) is 0 Å². The lowest BCUT2D eigenvalue weighted by Gasteiger charge is -2.17. The van der Waals surface area contributed by atoms with Crippen LogP contribution in [0.15, 0.2) is 33.7 Å². The summed E-state index contributed by atoms with van der Waals surface area (Å²) in [5.74, 6) is 6.08. The van der Waals surface area contributed by atoms with Crippen LogP contribution in [0.4, 0.5) is 0 Å². The van der Waals surface area contributed by atoms with Gasteiger partial charge in [0.1, 0.15) is 0 Å². The lowest BCUT2D eigenvalue weighted by atomic mass is 10.1. The van der Waals surface area contributed by atoms with Crippen molar-refractivity contribution in [1.29, 1.82) is 0 Å². The Morgan fingerprint density at radius 3 is 2.95 bits per heavy atom. The average molecular weight is 343 g/mol. The number of nitrogens with two attached hydrogens (primary N) is 1. The van der Waals surface area contributed by atoms with Crippen LogP contribution in [0.2, 0.25) is 0 Å². The summed E-state index contributed by atoms with van der Waals surface area (Å²) in [5, 5.41) is 3.25. The molecule has 0 aliphatic carbocycles. The molecule has 0 saturated heterocycles. The maximum Gasteiger partial charge on any atom is 0.206 e. The Balaban J connectivity index is 2.48. The SMILES string of the molecule is CCOCCCN=C(NN)NC(C)c1cccc(Br)c1. The first kappa shape index (κ1) is 16.9. The Bertz CT molecular complexity index is 425. The summed E-state index contributed by atoms with van der Waals surface area (Å²) in [6, 6.07) is 8.26. The topological polar surface area (TPSA) is 71.7 Å². The minimum absolute atomic E-state index is 0.120. The molecule has 0 amide bonds. The van der Waals surface area contributed by atoms with Gasteiger partial charge in [-0.15, -0.1) is 0 Å². The first-order valence-electron chi connectivity index (χ1n) is 6.78. The highest BCUT2D eigenvalue weighted by molar-refractivity contribution is 9.10. The Morgan fingerprint density at radius 2 is 2.30 bits per heavy atom. The summed E-state index contributed by atoms with van der Waals surface area (Å²) in [6.07, 6.45) is 0.881. The average Bonchev–Trinajstić information content (AvgIpc) is 2.45. The minimum atomic E-state index is 0.120. The van der Waals surface area contributed by atoms with Gasteiger partial charge >= 0.3 is 0 Å². The first-order chi connectivity index (χ1) is 9.67. The molecule has 0 radical (unpaired) electrons. The van der Waals surface area contributed by atoms with E-state index in [2.05, 4.69) is 50.7 Å². The van der Waals surface area contributed by atoms with E-state index < -0.39 is 0 Å². The van der Waals surface area contributed by atoms with E-state index in [-0.39, 0.29) is 6.04 Å². The van der Waals surface area contributed by atoms with Crippen molar-refractivity contribution < 1.29 is 4.74 Å². The Hall–Kier alpha value is -1.11. The van der Waals surface area contributed by atoms with E-state index in [0.717, 1.165) is 29.7 Å². The number of nitrogens with zero attached hydrogens (tertiary/aromatic N) is 1. The summed E-state index contributed by atoms with van der Waals surface area (Å²) in [6.45, 7) is 6.19. The van der Waals surface area contributed by atoms with E-state index in [1.165, 1.54) is 0 Å². The number of hydrogen-bond donors (Lipinski definition) is 3. The Labute approximate surface area is 129 Å². The summed E-state index contributed by atoms with van der Waals surface area (Å²) in [4.78, 5) is 4.38. The molecular formula is C14H23BrN4O. The zero-order valence-electron chi connectivity index (χ0n) is 12.0. The van der Waals surface area contributed by atoms with Crippen LogP contribution in [-0.4, -0.2) is 25.7 Å². The van der Waals surface area contributed by atoms with Crippen molar-refractivity contribution in [2.75, 3.05) is 19.8 Å². The first-order valence-corrected chi connectivity index (χ1v) is 7.57. The van der Waals surface area contributed by atoms with Gasteiger partial charge in [0.05, 0.1) is 6.04 Å². The second kappa shape index (κ2) is 9.74. The number of benzene rings is 1. The standard InChI is InChI=1S/C14H23BrN4O/c1-3-20-9-5-8-17-14(19-16)18-11(2)12-6-4-7-13(15)10-12/h4,6-7,10-11H,3,5,8-9,16H2,1-2H3,(H2,17,18,19). The third-order valence-electron chi connectivity index (χ3n) is 2.76. The number of guanidine groups is 1. The molecule has 1 atom stereocenters. The van der Waals surface area contributed by atoms with Crippen LogP contribution in [0.3, 0.4) is 0 Å². The van der Waals surface area contributed by atoms with Crippen molar-refractivity contribution in [3.63, 3.8) is 0 Å². The fourth-order valence-corrected chi connectivity index (χ4v) is 2.12. The molecule has 1 rings (SSSR count). The van der Waals surface area contributed by atoms with Crippen LogP contribution >= 0.6 is 15.9 Å². The zero-order chi connectivity index (χ0) is 14.8. The molecule has 1 aromatic rings. The van der Waals surface area contributed by atoms with Crippen LogP contribution in [-0.2, 0) is 4.74 Å². The van der Waals surface area contributed by atoms with Gasteiger partial charge in [-0.3, -0.25) is 10.4 Å². The van der Waals surface area contributed by atoms with E-state index in [0.29, 0.717) is 12.5 Å². The van der Waals surface area contributed by atoms with Crippen molar-refractivity contribution in [2.24, 2.45) is 10.8 Å². The van der Waals surface area contributed by atoms with Gasteiger partial charge in [0.15, 0.2) is 0 Å². The number of nitrogens with one attached hydrogen (secondary N) is 2. The molecule has 0 heterocycles. The number of ether oxygens (including phenoxy) is 1. The van der Waals surface area contributed by atoms with Gasteiger partial charge in [-0.2, -0.15) is 0 Å². The minimum Gasteiger partial charge on any atom is -0.382 e. The number of hydrogen-bond acceptors (Lipinski definition) is 3. The largest absolute Gasteiger partial charge is 0.382 e. The van der Waals surface area contributed by atoms with Crippen LogP contribution in [0.25, 0.3) is 0 Å². The predicted molar refractivity (Wildman–Crippen MR) is 86.4 cm³/mol. The summed E-state index contributed by atoms with van der Waals surface area (Å²) in [5.41, 5.74) is 3.76. The molecule has 0 spiro atoms. The van der Waals surface area contributed by atoms with Gasteiger partial charge in [-0.25, -0.2) is 5.84 Å². The normalized spacial score (nSPS) is 13.1. The van der Waals surface area contributed by atoms with Crippen molar-refractivity contribution in [3.05, 3.63) is 34.3 Å². The van der Waals surface area contributed by atoms with Crippen LogP contribution < -0.4 is 16.6 Å². The third-order valence-corrected chi connectivity index (χ3v) is 3.25. The fraction of sp³-hybridized carbons (Fsp3) is 0.500. The van der Waals surface area contributed by atoms with Gasteiger partial charge in [-0.1, -0.05) is 28.1 Å². The summed E-state index contributed by atoms with van der Waals surface area (Å²) < 4.78 is 6.32. The molecule has 0 bridgehead atoms. The highest BCUT2D eigenvalue weighted by atomic mass is 79.9. The predicted octanol–water partition coefficient (Wildman–Crippen LogP) is 2.35. The number of halogens is 1. The van der Waals surface area contributed by atoms with E-state index in [1.807, 2.05) is 19.1 Å². The van der Waals surface area contributed by atoms with Gasteiger partial charge in [0.2, 0.25) is 5.96 Å². The molecule has 5 nitrogen and oxygen atoms in total. The van der Waals surface area contributed by atoms with Crippen molar-refractivity contribution >= 4 is 21.9 Å². The van der Waals surface area contributed by atoms with E-state index in [1.54, 1.807) is 0 Å². The van der Waals surface area contributed by atoms with Crippen molar-refractivity contribution in [2.45, 2.75) is 26.3 Å². The third kappa shape index (κ3) is 6.36. The molecule has 0 aliphatic rings. The van der Waals surface area contributed by atoms with Gasteiger partial charge in [0.25, 0.3) is 0 Å². The molecule has 0 aliphatic heterocycles. The molecular weight excluding hydrogens is 320 g/mol. The molecule has 20 heavy (non-hydrogen) atoms. The number of aliphatic imine (C=N–C) groups is 1. The second-order valence-electron chi connectivity index (χ2n) is 4.35. The highest BCUT2D eigenvalue weighted by Crippen LogP contribution is 2.17. The quantitative estimate of drug-likeness (QED) is 0.234. The molecule has 1 unspecified atom stereocenters. The maximum atomic E-state index is 5.49. The monoisotopic (exact) mass is 342 g/mol. The number of rotatable bonds is 7. The van der Waals surface area contributed by atoms with Gasteiger partial charge in [-0.05, 0) is 38.0 Å². The molecule has 0 aromatic heterocycles. The summed E-state index contributed by atoms with van der Waals surface area (Å²) in [7, 11) is 0. The van der Waals surface area contributed by atoms with Gasteiger partial charge in [0, 0.05) is 24.2 Å². The zero-order valence-corrected chi connectivity index (χ0v) is 13.6. The van der Waals surface area contributed by atoms with E-state index >= 15 is 0 Å². The van der Waals surface area contributed by atoms with Crippen molar-refractivity contribution in [1.82, 2.24) is 10.7 Å². The maximum absolute atomic E-state index is 5.49. The molecule has 112 valence electrons. The molecule has 4 N–H and O–H groups in total. The van der Waals surface area contributed by atoms with Gasteiger partial charge < -0.3 is 10.1 Å². The lowest BCUT2D eigenvalue weighted by Crippen LogP contribution is -2.42. The summed E-state index contributed by atoms with van der Waals surface area (Å²) >= 11 is 3.47. The molecule has 6 heteroatoms. The van der Waals surface area contributed by atoms with Crippen molar-refractivity contribution in [3.8, 4) is 0 Å². The fourth-order valence-electron chi connectivity index (χ4n) is 1.70. The van der Waals surface area contributed by atoms with E-state index in [9.17, 15) is 0 Å². The Morgan fingerprint density at radius 1 is 1.50 bits per heavy atom. The van der Waals surface area contributed by atoms with Crippen LogP contribution in [0.1, 0.15) is 31.9 Å². The van der Waals surface area contributed by atoms with Crippen LogP contribution in [0.5, 0.6) is 0 Å².